The minimum atomic E-state index is -0.320. The second-order valence-corrected chi connectivity index (χ2v) is 7.04. The van der Waals surface area contributed by atoms with Gasteiger partial charge >= 0.3 is 0 Å². The predicted molar refractivity (Wildman–Crippen MR) is 108 cm³/mol. The van der Waals surface area contributed by atoms with Crippen molar-refractivity contribution in [1.29, 1.82) is 0 Å². The zero-order chi connectivity index (χ0) is 20.1. The number of benzene rings is 2. The lowest BCUT2D eigenvalue weighted by atomic mass is 10.1. The summed E-state index contributed by atoms with van der Waals surface area (Å²) in [5.74, 6) is 0.939. The predicted octanol–water partition coefficient (Wildman–Crippen LogP) is 3.04. The zero-order valence-electron chi connectivity index (χ0n) is 16.5. The Morgan fingerprint density at radius 3 is 2.50 bits per heavy atom. The van der Waals surface area contributed by atoms with E-state index in [1.54, 1.807) is 19.1 Å². The van der Waals surface area contributed by atoms with E-state index in [1.807, 2.05) is 49.4 Å². The molecule has 3 rings (SSSR count). The van der Waals surface area contributed by atoms with E-state index in [1.165, 1.54) is 0 Å². The van der Waals surface area contributed by atoms with Crippen LogP contribution >= 0.6 is 0 Å². The Morgan fingerprint density at radius 2 is 1.82 bits per heavy atom. The number of rotatable bonds is 7. The molecule has 0 saturated carbocycles. The highest BCUT2D eigenvalue weighted by atomic mass is 16.5. The molecule has 1 N–H and O–H groups in total. The van der Waals surface area contributed by atoms with Crippen LogP contribution in [0.1, 0.15) is 17.5 Å². The van der Waals surface area contributed by atoms with Crippen LogP contribution in [0.15, 0.2) is 42.5 Å². The molecule has 0 bridgehead atoms. The van der Waals surface area contributed by atoms with Crippen LogP contribution in [-0.4, -0.2) is 44.0 Å². The number of hydrogen-bond donors (Lipinski definition) is 1. The lowest BCUT2D eigenvalue weighted by molar-refractivity contribution is -0.128. The lowest BCUT2D eigenvalue weighted by Crippen LogP contribution is -2.30. The molecule has 0 aromatic heterocycles. The third-order valence-electron chi connectivity index (χ3n) is 5.02. The van der Waals surface area contributed by atoms with E-state index in [9.17, 15) is 9.59 Å². The second-order valence-electron chi connectivity index (χ2n) is 7.04. The Labute approximate surface area is 165 Å². The van der Waals surface area contributed by atoms with Gasteiger partial charge in [-0.15, -0.1) is 0 Å². The van der Waals surface area contributed by atoms with Gasteiger partial charge < -0.3 is 19.7 Å². The second kappa shape index (κ2) is 8.78. The number of amides is 2. The Kier molecular flexibility index (Phi) is 6.19. The molecule has 1 fully saturated rings. The van der Waals surface area contributed by atoms with Gasteiger partial charge in [0.2, 0.25) is 11.8 Å². The van der Waals surface area contributed by atoms with Crippen LogP contribution < -0.4 is 14.8 Å². The van der Waals surface area contributed by atoms with E-state index in [2.05, 4.69) is 5.32 Å². The molecule has 28 heavy (non-hydrogen) atoms. The summed E-state index contributed by atoms with van der Waals surface area (Å²) in [6, 6.07) is 13.4. The van der Waals surface area contributed by atoms with Crippen molar-refractivity contribution >= 4 is 17.5 Å². The van der Waals surface area contributed by atoms with Crippen molar-refractivity contribution in [1.82, 2.24) is 4.90 Å². The SMILES string of the molecule is COc1ccc(CCN2CC(C(=O)Nc3ccc(C)cc3)CC2=O)cc1OC. The van der Waals surface area contributed by atoms with Gasteiger partial charge in [-0.25, -0.2) is 0 Å². The minimum Gasteiger partial charge on any atom is -0.493 e. The fourth-order valence-corrected chi connectivity index (χ4v) is 3.35. The highest BCUT2D eigenvalue weighted by molar-refractivity contribution is 5.97. The number of anilines is 1. The van der Waals surface area contributed by atoms with Crippen LogP contribution in [0, 0.1) is 12.8 Å². The quantitative estimate of drug-likeness (QED) is 0.799. The molecule has 2 aromatic carbocycles. The smallest absolute Gasteiger partial charge is 0.229 e. The summed E-state index contributed by atoms with van der Waals surface area (Å²) in [6.07, 6.45) is 0.946. The summed E-state index contributed by atoms with van der Waals surface area (Å²) in [6.45, 7) is 3.02. The number of nitrogens with one attached hydrogen (secondary N) is 1. The Bertz CT molecular complexity index is 848. The van der Waals surface area contributed by atoms with Crippen molar-refractivity contribution in [2.45, 2.75) is 19.8 Å². The van der Waals surface area contributed by atoms with Gasteiger partial charge in [0.05, 0.1) is 20.1 Å². The largest absolute Gasteiger partial charge is 0.493 e. The van der Waals surface area contributed by atoms with Gasteiger partial charge in [0.1, 0.15) is 0 Å². The molecular formula is C22H26N2O4. The summed E-state index contributed by atoms with van der Waals surface area (Å²) >= 11 is 0. The van der Waals surface area contributed by atoms with Crippen molar-refractivity contribution in [2.24, 2.45) is 5.92 Å². The van der Waals surface area contributed by atoms with Gasteiger partial charge in [-0.2, -0.15) is 0 Å². The van der Waals surface area contributed by atoms with Crippen molar-refractivity contribution in [3.05, 3.63) is 53.6 Å². The maximum absolute atomic E-state index is 12.5. The van der Waals surface area contributed by atoms with Crippen molar-refractivity contribution in [3.63, 3.8) is 0 Å². The summed E-state index contributed by atoms with van der Waals surface area (Å²) in [5.41, 5.74) is 2.94. The normalized spacial score (nSPS) is 16.2. The van der Waals surface area contributed by atoms with Gasteiger partial charge in [0.25, 0.3) is 0 Å². The lowest BCUT2D eigenvalue weighted by Gasteiger charge is -2.17. The molecule has 0 radical (unpaired) electrons. The maximum Gasteiger partial charge on any atom is 0.229 e. The fourth-order valence-electron chi connectivity index (χ4n) is 3.35. The Morgan fingerprint density at radius 1 is 1.11 bits per heavy atom. The molecule has 6 heteroatoms. The Balaban J connectivity index is 1.55. The number of nitrogens with zero attached hydrogens (tertiary/aromatic N) is 1. The number of hydrogen-bond acceptors (Lipinski definition) is 4. The molecule has 1 atom stereocenters. The first-order chi connectivity index (χ1) is 13.5. The number of carbonyl (C=O) groups excluding carboxylic acids is 2. The summed E-state index contributed by atoms with van der Waals surface area (Å²) < 4.78 is 10.6. The van der Waals surface area contributed by atoms with Gasteiger partial charge in [0.15, 0.2) is 11.5 Å². The van der Waals surface area contributed by atoms with E-state index in [0.29, 0.717) is 31.0 Å². The average Bonchev–Trinajstić information content (AvgIpc) is 3.08. The fraction of sp³-hybridized carbons (Fsp3) is 0.364. The molecule has 148 valence electrons. The van der Waals surface area contributed by atoms with E-state index < -0.39 is 0 Å². The molecule has 2 amide bonds. The summed E-state index contributed by atoms with van der Waals surface area (Å²) in [7, 11) is 3.20. The van der Waals surface area contributed by atoms with Gasteiger partial charge in [-0.3, -0.25) is 9.59 Å². The number of methoxy groups -OCH3 is 2. The molecule has 6 nitrogen and oxygen atoms in total. The van der Waals surface area contributed by atoms with Crippen molar-refractivity contribution in [2.75, 3.05) is 32.6 Å². The van der Waals surface area contributed by atoms with Crippen LogP contribution in [0.2, 0.25) is 0 Å². The Hall–Kier alpha value is -3.02. The molecule has 1 aliphatic rings. The van der Waals surface area contributed by atoms with Crippen LogP contribution in [-0.2, 0) is 16.0 Å². The topological polar surface area (TPSA) is 67.9 Å². The number of likely N-dealkylation sites (tertiary alicyclic amines) is 1. The summed E-state index contributed by atoms with van der Waals surface area (Å²) in [5, 5.41) is 2.91. The minimum absolute atomic E-state index is 0.0181. The summed E-state index contributed by atoms with van der Waals surface area (Å²) in [4.78, 5) is 26.6. The highest BCUT2D eigenvalue weighted by Gasteiger charge is 2.34. The average molecular weight is 382 g/mol. The van der Waals surface area contributed by atoms with Gasteiger partial charge in [-0.1, -0.05) is 23.8 Å². The van der Waals surface area contributed by atoms with E-state index in [4.69, 9.17) is 9.47 Å². The van der Waals surface area contributed by atoms with Crippen LogP contribution in [0.3, 0.4) is 0 Å². The molecule has 0 aliphatic carbocycles. The first-order valence-electron chi connectivity index (χ1n) is 9.36. The maximum atomic E-state index is 12.5. The zero-order valence-corrected chi connectivity index (χ0v) is 16.5. The van der Waals surface area contributed by atoms with E-state index in [0.717, 1.165) is 16.8 Å². The highest BCUT2D eigenvalue weighted by Crippen LogP contribution is 2.28. The molecule has 1 unspecified atom stereocenters. The first-order valence-corrected chi connectivity index (χ1v) is 9.36. The van der Waals surface area contributed by atoms with Crippen LogP contribution in [0.4, 0.5) is 5.69 Å². The number of carbonyl (C=O) groups is 2. The molecular weight excluding hydrogens is 356 g/mol. The monoisotopic (exact) mass is 382 g/mol. The van der Waals surface area contributed by atoms with E-state index in [-0.39, 0.29) is 24.2 Å². The first kappa shape index (κ1) is 19.7. The van der Waals surface area contributed by atoms with Gasteiger partial charge in [-0.05, 0) is 43.2 Å². The third kappa shape index (κ3) is 4.63. The molecule has 1 saturated heterocycles. The van der Waals surface area contributed by atoms with E-state index >= 15 is 0 Å². The third-order valence-corrected chi connectivity index (χ3v) is 5.02. The number of ether oxygens (including phenoxy) is 2. The van der Waals surface area contributed by atoms with Crippen LogP contribution in [0.25, 0.3) is 0 Å². The standard InChI is InChI=1S/C22H26N2O4/c1-15-4-7-18(8-5-15)23-22(26)17-13-21(25)24(14-17)11-10-16-6-9-19(27-2)20(12-16)28-3/h4-9,12,17H,10-11,13-14H2,1-3H3,(H,23,26). The molecule has 2 aromatic rings. The van der Waals surface area contributed by atoms with Crippen molar-refractivity contribution < 1.29 is 19.1 Å². The molecule has 0 spiro atoms. The van der Waals surface area contributed by atoms with Gasteiger partial charge in [0, 0.05) is 25.2 Å². The van der Waals surface area contributed by atoms with Crippen LogP contribution in [0.5, 0.6) is 11.5 Å². The van der Waals surface area contributed by atoms with Crippen molar-refractivity contribution in [3.8, 4) is 11.5 Å². The number of aryl methyl sites for hydroxylation is 1. The molecule has 1 aliphatic heterocycles. The molecule has 1 heterocycles.